The number of amides is 9. The van der Waals surface area contributed by atoms with Gasteiger partial charge in [-0.15, -0.1) is 21.5 Å². The summed E-state index contributed by atoms with van der Waals surface area (Å²) >= 11 is 1.60. The predicted octanol–water partition coefficient (Wildman–Crippen LogP) is 8.44. The molecule has 4 aromatic heterocycles. The minimum Gasteiger partial charge on any atom is -0.488 e. The van der Waals surface area contributed by atoms with E-state index in [0.29, 0.717) is 136 Å². The molecule has 30 nitrogen and oxygen atoms in total. The van der Waals surface area contributed by atoms with E-state index in [1.165, 1.54) is 35.3 Å². The van der Waals surface area contributed by atoms with Crippen molar-refractivity contribution < 1.29 is 61.5 Å². The first-order chi connectivity index (χ1) is 55.6. The Hall–Kier alpha value is -11.1. The summed E-state index contributed by atoms with van der Waals surface area (Å²) in [5.41, 5.74) is 19.0. The zero-order chi connectivity index (χ0) is 80.9. The van der Waals surface area contributed by atoms with Gasteiger partial charge in [-0.2, -0.15) is 0 Å². The van der Waals surface area contributed by atoms with Gasteiger partial charge in [-0.3, -0.25) is 48.3 Å². The van der Waals surface area contributed by atoms with Gasteiger partial charge in [0.2, 0.25) is 35.4 Å². The number of nitrogen functional groups attached to an aromatic ring is 1. The summed E-state index contributed by atoms with van der Waals surface area (Å²) in [6, 6.07) is 24.7. The number of urea groups is 1. The standard InChI is InChI=1S/C83H103FN18O12S/c1-51(2)74(79(107)100-35-10-13-66(100)78(106)91-53(4)56-16-18-57(19-17-56)75-54(5)90-50-115-75)69-45-71(96-114-69)112-40-38-97-36-37-98(52(3)46-97)39-41-111-70-43-60(28-33-87-70)102-61-23-24-62(102)48-99(47-61)67-44-65(94-95-76(67)85)63-42-58(84)20-25-68(63)113-49-55-14-21-59(22-15-55)92-77(105)64(12-9-32-89-82(86)110)93-81(109)83(29-11-30-83)80(108)88-31-7-6-8-34-101-72(103)26-27-73(101)104/h14-22,25-28,33,42-45,50-53,61-62,64,66,74H,6-13,23-24,29-32,34-41,46-49H2,1-5H3,(H2,85,95)(H,88,108)(H,91,106)(H,92,105)(H,93,109)(H3,86,89,110)/t52-,53+,61?,62?,64+,66+,74?/m1/s1. The number of imide groups is 1. The van der Waals surface area contributed by atoms with Gasteiger partial charge in [-0.05, 0) is 162 Å². The van der Waals surface area contributed by atoms with Crippen molar-refractivity contribution in [2.75, 3.05) is 106 Å². The highest BCUT2D eigenvalue weighted by Gasteiger charge is 2.52. The molecule has 13 rings (SSSR count). The van der Waals surface area contributed by atoms with Crippen LogP contribution in [-0.4, -0.2) is 208 Å². The number of nitrogens with one attached hydrogen (secondary N) is 5. The zero-order valence-electron chi connectivity index (χ0n) is 65.7. The molecule has 9 N–H and O–H groups in total. The number of fused-ring (bicyclic) bond motifs is 2. The number of hydrogen-bond donors (Lipinski definition) is 7. The monoisotopic (exact) mass is 1590 g/mol. The number of unbranched alkanes of at least 4 members (excludes halogenated alkanes) is 2. The van der Waals surface area contributed by atoms with E-state index in [0.717, 1.165) is 72.8 Å². The minimum atomic E-state index is -1.37. The van der Waals surface area contributed by atoms with Crippen molar-refractivity contribution in [1.82, 2.24) is 66.2 Å². The summed E-state index contributed by atoms with van der Waals surface area (Å²) in [6.45, 7) is 17.4. The van der Waals surface area contributed by atoms with Gasteiger partial charge < -0.3 is 71.5 Å². The number of nitrogens with zero attached hydrogens (tertiary/aromatic N) is 11. The molecule has 610 valence electrons. The van der Waals surface area contributed by atoms with Gasteiger partial charge in [0, 0.05) is 138 Å². The highest BCUT2D eigenvalue weighted by Crippen LogP contribution is 2.43. The minimum absolute atomic E-state index is 0.0559. The number of carbonyl (C=O) groups excluding carboxylic acids is 8. The number of aromatic nitrogens is 5. The summed E-state index contributed by atoms with van der Waals surface area (Å²) in [5, 5.41) is 27.3. The Labute approximate surface area is 672 Å². The Balaban J connectivity index is 0.545. The van der Waals surface area contributed by atoms with E-state index in [4.69, 9.17) is 30.2 Å². The van der Waals surface area contributed by atoms with E-state index in [9.17, 15) is 38.4 Å². The largest absolute Gasteiger partial charge is 0.488 e. The second-order valence-electron chi connectivity index (χ2n) is 31.0. The van der Waals surface area contributed by atoms with E-state index in [2.05, 4.69) is 90.6 Å². The molecule has 7 atom stereocenters. The number of pyridine rings is 1. The molecule has 115 heavy (non-hydrogen) atoms. The zero-order valence-corrected chi connectivity index (χ0v) is 66.5. The van der Waals surface area contributed by atoms with E-state index < -0.39 is 53.0 Å². The Bertz CT molecular complexity index is 4620. The summed E-state index contributed by atoms with van der Waals surface area (Å²) < 4.78 is 39.9. The fourth-order valence-electron chi connectivity index (χ4n) is 16.4. The lowest BCUT2D eigenvalue weighted by Gasteiger charge is -2.43. The van der Waals surface area contributed by atoms with Crippen LogP contribution in [0.4, 0.5) is 32.1 Å². The van der Waals surface area contributed by atoms with Crippen molar-refractivity contribution >= 4 is 81.6 Å². The van der Waals surface area contributed by atoms with E-state index in [1.807, 2.05) is 63.5 Å². The van der Waals surface area contributed by atoms with Crippen molar-refractivity contribution in [3.05, 3.63) is 143 Å². The number of likely N-dealkylation sites (tertiary alicyclic amines) is 1. The van der Waals surface area contributed by atoms with Crippen molar-refractivity contribution in [2.45, 2.75) is 160 Å². The van der Waals surface area contributed by atoms with Crippen molar-refractivity contribution in [3.63, 3.8) is 0 Å². The number of primary amides is 1. The van der Waals surface area contributed by atoms with Crippen LogP contribution in [0, 0.1) is 24.1 Å². The lowest BCUT2D eigenvalue weighted by Crippen LogP contribution is -2.58. The number of benzene rings is 3. The topological polar surface area (TPSA) is 373 Å². The van der Waals surface area contributed by atoms with Crippen LogP contribution in [0.25, 0.3) is 21.7 Å². The summed E-state index contributed by atoms with van der Waals surface area (Å²) in [4.78, 5) is 127. The van der Waals surface area contributed by atoms with Crippen LogP contribution in [0.2, 0.25) is 0 Å². The SMILES string of the molecule is Cc1ncsc1-c1ccc([C@H](C)NC(=O)[C@@H]2CCCN2C(=O)C(c2cc(OCCN3CCN(CCOc4cc(N5C6CCC5CN(c5cc(-c7cc(F)ccc7OCc7ccc(NC(=O)[C@H](CCCNC(N)=O)NC(=O)C8(C(=O)NCCCCCN9C(=O)C=CC9=O)CCC8)cc7)nnc5N)C6)ccn4)[C@H](C)C3)no2)C(C)C)cc1. The molecule has 5 fully saturated rings. The molecule has 1 saturated carbocycles. The van der Waals surface area contributed by atoms with Gasteiger partial charge in [-0.25, -0.2) is 19.2 Å². The number of rotatable bonds is 36. The fourth-order valence-corrected chi connectivity index (χ4v) is 17.2. The Kier molecular flexibility index (Phi) is 26.7. The number of thiazole rings is 1. The number of hydrogen-bond acceptors (Lipinski definition) is 23. The normalized spacial score (nSPS) is 19.4. The van der Waals surface area contributed by atoms with Crippen molar-refractivity contribution in [2.24, 2.45) is 17.1 Å². The first-order valence-electron chi connectivity index (χ1n) is 40.0. The molecule has 5 aliphatic heterocycles. The molecule has 1 aliphatic carbocycles. The molecule has 7 aromatic rings. The number of halogens is 1. The Morgan fingerprint density at radius 1 is 0.748 bits per heavy atom. The third-order valence-electron chi connectivity index (χ3n) is 22.9. The van der Waals surface area contributed by atoms with Crippen LogP contribution in [0.1, 0.15) is 139 Å². The molecule has 6 aliphatic rings. The number of ether oxygens (including phenoxy) is 3. The molecule has 2 bridgehead atoms. The molecular weight excluding hydrogens is 1490 g/mol. The molecule has 9 amide bonds. The van der Waals surface area contributed by atoms with Crippen LogP contribution >= 0.6 is 11.3 Å². The highest BCUT2D eigenvalue weighted by molar-refractivity contribution is 7.13. The second-order valence-corrected chi connectivity index (χ2v) is 31.9. The number of piperazine rings is 2. The fraction of sp³-hybridized carbons (Fsp3) is 0.482. The van der Waals surface area contributed by atoms with Crippen molar-refractivity contribution in [1.29, 1.82) is 0 Å². The first kappa shape index (κ1) is 81.9. The van der Waals surface area contributed by atoms with Crippen LogP contribution in [0.5, 0.6) is 17.5 Å². The van der Waals surface area contributed by atoms with Crippen LogP contribution < -0.4 is 62.1 Å². The molecule has 0 spiro atoms. The van der Waals surface area contributed by atoms with Gasteiger partial charge in [-0.1, -0.05) is 56.7 Å². The van der Waals surface area contributed by atoms with Gasteiger partial charge in [0.1, 0.15) is 54.8 Å². The Morgan fingerprint density at radius 2 is 1.50 bits per heavy atom. The van der Waals surface area contributed by atoms with E-state index >= 15 is 4.39 Å². The molecule has 4 saturated heterocycles. The van der Waals surface area contributed by atoms with Gasteiger partial charge >= 0.3 is 6.03 Å². The number of anilines is 4. The van der Waals surface area contributed by atoms with Crippen molar-refractivity contribution in [3.8, 4) is 39.2 Å². The number of nitrogens with two attached hydrogens (primary N) is 2. The average molecular weight is 1600 g/mol. The highest BCUT2D eigenvalue weighted by atomic mass is 32.1. The third kappa shape index (κ3) is 19.8. The lowest BCUT2D eigenvalue weighted by atomic mass is 9.67. The third-order valence-corrected chi connectivity index (χ3v) is 23.9. The average Bonchev–Trinajstić information content (AvgIpc) is 1.76. The predicted molar refractivity (Wildman–Crippen MR) is 431 cm³/mol. The quantitative estimate of drug-likeness (QED) is 0.0110. The Morgan fingerprint density at radius 3 is 2.21 bits per heavy atom. The summed E-state index contributed by atoms with van der Waals surface area (Å²) in [7, 11) is 0. The molecule has 9 heterocycles. The van der Waals surface area contributed by atoms with E-state index in [-0.39, 0.29) is 98.6 Å². The smallest absolute Gasteiger partial charge is 0.312 e. The number of carbonyl (C=O) groups is 8. The molecule has 32 heteroatoms. The molecular formula is C83H103FN18O12S. The summed E-state index contributed by atoms with van der Waals surface area (Å²) in [6.07, 6.45) is 10.9. The van der Waals surface area contributed by atoms with Crippen LogP contribution in [-0.2, 0) is 40.2 Å². The lowest BCUT2D eigenvalue weighted by molar-refractivity contribution is -0.151. The van der Waals surface area contributed by atoms with E-state index in [1.54, 1.807) is 52.8 Å². The van der Waals surface area contributed by atoms with Gasteiger partial charge in [0.25, 0.3) is 17.7 Å². The maximum atomic E-state index is 15.2. The molecule has 3 unspecified atom stereocenters. The molecule has 3 aromatic carbocycles. The number of aryl methyl sites for hydroxylation is 1. The van der Waals surface area contributed by atoms with Crippen LogP contribution in [0.15, 0.2) is 119 Å². The van der Waals surface area contributed by atoms with Crippen LogP contribution in [0.3, 0.4) is 0 Å². The first-order valence-corrected chi connectivity index (χ1v) is 40.8. The maximum Gasteiger partial charge on any atom is 0.312 e. The molecule has 0 radical (unpaired) electrons. The van der Waals surface area contributed by atoms with Gasteiger partial charge in [0.15, 0.2) is 11.6 Å². The summed E-state index contributed by atoms with van der Waals surface area (Å²) in [5.74, 6) is -1.97. The van der Waals surface area contributed by atoms with Gasteiger partial charge in [0.05, 0.1) is 33.5 Å². The maximum absolute atomic E-state index is 15.2. The second kappa shape index (κ2) is 37.4.